The van der Waals surface area contributed by atoms with E-state index in [1.54, 1.807) is 0 Å². The first-order valence-corrected chi connectivity index (χ1v) is 19.9. The SMILES string of the molecule is c1ccc(-c2ccccc2N(c2ccc(-c3c4ccccc4c4c5c(cccc35)-c3ccccc3-c3ccccc3-4)cc2)c2cccc3c2oc2ccccc23)cc1. The van der Waals surface area contributed by atoms with Gasteiger partial charge in [-0.3, -0.25) is 0 Å². The summed E-state index contributed by atoms with van der Waals surface area (Å²) in [4.78, 5) is 2.37. The molecule has 0 saturated carbocycles. The zero-order valence-electron chi connectivity index (χ0n) is 31.6. The summed E-state index contributed by atoms with van der Waals surface area (Å²) in [6.45, 7) is 0. The third-order valence-electron chi connectivity index (χ3n) is 12.0. The Balaban J connectivity index is 1.11. The van der Waals surface area contributed by atoms with Crippen LogP contribution < -0.4 is 4.90 Å². The summed E-state index contributed by atoms with van der Waals surface area (Å²) in [5, 5.41) is 7.27. The standard InChI is InChI=1S/C56H35NO/c1-2-16-36(17-3-1)39-18-10-12-29-50(39)57(51-30-15-27-48-43-22-11-13-31-52(43)58-56(48)51)38-34-32-37(33-35-38)53-46-24-8-9-25-47(46)54-44-23-7-6-21-41(44)40-19-4-5-20-42(40)45-26-14-28-49(53)55(45)54/h1-35H. The van der Waals surface area contributed by atoms with Gasteiger partial charge >= 0.3 is 0 Å². The molecule has 0 fully saturated rings. The Hall–Kier alpha value is -7.68. The number of nitrogens with zero attached hydrogens (tertiary/aromatic N) is 1. The average Bonchev–Trinajstić information content (AvgIpc) is 3.63. The van der Waals surface area contributed by atoms with E-state index in [0.717, 1.165) is 50.1 Å². The van der Waals surface area contributed by atoms with Gasteiger partial charge in [-0.25, -0.2) is 0 Å². The van der Waals surface area contributed by atoms with Crippen molar-refractivity contribution >= 4 is 60.5 Å². The molecule has 12 rings (SSSR count). The molecule has 2 nitrogen and oxygen atoms in total. The fourth-order valence-electron chi connectivity index (χ4n) is 9.56. The minimum atomic E-state index is 0.863. The van der Waals surface area contributed by atoms with Gasteiger partial charge in [0.1, 0.15) is 5.58 Å². The summed E-state index contributed by atoms with van der Waals surface area (Å²) in [6, 6.07) is 76.9. The average molecular weight is 738 g/mol. The van der Waals surface area contributed by atoms with Crippen LogP contribution in [0.15, 0.2) is 217 Å². The molecule has 58 heavy (non-hydrogen) atoms. The van der Waals surface area contributed by atoms with Gasteiger partial charge in [-0.05, 0) is 102 Å². The number of fused-ring (bicyclic) bond motifs is 10. The van der Waals surface area contributed by atoms with Crippen molar-refractivity contribution < 1.29 is 4.42 Å². The van der Waals surface area contributed by atoms with Crippen molar-refractivity contribution in [3.05, 3.63) is 212 Å². The van der Waals surface area contributed by atoms with E-state index >= 15 is 0 Å². The zero-order valence-corrected chi connectivity index (χ0v) is 31.6. The Morgan fingerprint density at radius 3 is 1.59 bits per heavy atom. The zero-order chi connectivity index (χ0) is 38.2. The maximum Gasteiger partial charge on any atom is 0.159 e. The van der Waals surface area contributed by atoms with Crippen molar-refractivity contribution in [3.63, 3.8) is 0 Å². The van der Waals surface area contributed by atoms with E-state index < -0.39 is 0 Å². The number of rotatable bonds is 5. The van der Waals surface area contributed by atoms with Gasteiger partial charge in [0.15, 0.2) is 5.58 Å². The highest BCUT2D eigenvalue weighted by Crippen LogP contribution is 2.53. The molecule has 1 aromatic heterocycles. The number of hydrogen-bond donors (Lipinski definition) is 0. The van der Waals surface area contributed by atoms with Crippen LogP contribution in [0.4, 0.5) is 17.1 Å². The van der Waals surface area contributed by atoms with Crippen LogP contribution in [0, 0.1) is 0 Å². The summed E-state index contributed by atoms with van der Waals surface area (Å²) >= 11 is 0. The van der Waals surface area contributed by atoms with Crippen LogP contribution in [0.25, 0.3) is 99.1 Å². The first-order chi connectivity index (χ1) is 28.8. The lowest BCUT2D eigenvalue weighted by molar-refractivity contribution is 0.669. The van der Waals surface area contributed by atoms with Gasteiger partial charge in [0.05, 0.1) is 11.4 Å². The molecule has 0 atom stereocenters. The summed E-state index contributed by atoms with van der Waals surface area (Å²) in [5.41, 5.74) is 17.2. The Morgan fingerprint density at radius 1 is 0.293 bits per heavy atom. The molecule has 10 aromatic carbocycles. The molecule has 0 bridgehead atoms. The molecule has 0 saturated heterocycles. The van der Waals surface area contributed by atoms with Gasteiger partial charge in [0.2, 0.25) is 0 Å². The molecule has 0 amide bonds. The van der Waals surface area contributed by atoms with Crippen molar-refractivity contribution in [1.29, 1.82) is 0 Å². The van der Waals surface area contributed by atoms with Crippen molar-refractivity contribution in [1.82, 2.24) is 0 Å². The predicted molar refractivity (Wildman–Crippen MR) is 244 cm³/mol. The van der Waals surface area contributed by atoms with Gasteiger partial charge in [-0.15, -0.1) is 0 Å². The van der Waals surface area contributed by atoms with Gasteiger partial charge in [-0.1, -0.05) is 182 Å². The molecular formula is C56H35NO. The Kier molecular flexibility index (Phi) is 7.26. The van der Waals surface area contributed by atoms with Crippen LogP contribution in [0.2, 0.25) is 0 Å². The molecule has 0 aliphatic heterocycles. The summed E-state index contributed by atoms with van der Waals surface area (Å²) in [5.74, 6) is 0. The van der Waals surface area contributed by atoms with Gasteiger partial charge in [-0.2, -0.15) is 0 Å². The molecule has 2 heteroatoms. The second-order valence-corrected chi connectivity index (χ2v) is 15.1. The highest BCUT2D eigenvalue weighted by molar-refractivity contribution is 6.27. The number of hydrogen-bond acceptors (Lipinski definition) is 2. The molecule has 0 spiro atoms. The Morgan fingerprint density at radius 2 is 0.810 bits per heavy atom. The molecule has 1 heterocycles. The lowest BCUT2D eigenvalue weighted by atomic mass is 9.84. The first kappa shape index (κ1) is 32.6. The number of benzene rings is 10. The van der Waals surface area contributed by atoms with Crippen LogP contribution >= 0.6 is 0 Å². The minimum absolute atomic E-state index is 0.863. The highest BCUT2D eigenvalue weighted by atomic mass is 16.3. The number of anilines is 3. The summed E-state index contributed by atoms with van der Waals surface area (Å²) in [6.07, 6.45) is 0. The van der Waals surface area contributed by atoms with Crippen LogP contribution in [-0.2, 0) is 0 Å². The fraction of sp³-hybridized carbons (Fsp3) is 0. The van der Waals surface area contributed by atoms with Gasteiger partial charge < -0.3 is 9.32 Å². The van der Waals surface area contributed by atoms with E-state index in [2.05, 4.69) is 211 Å². The van der Waals surface area contributed by atoms with Crippen molar-refractivity contribution in [2.45, 2.75) is 0 Å². The maximum absolute atomic E-state index is 6.70. The van der Waals surface area contributed by atoms with E-state index in [-0.39, 0.29) is 0 Å². The first-order valence-electron chi connectivity index (χ1n) is 19.9. The van der Waals surface area contributed by atoms with Crippen LogP contribution in [0.1, 0.15) is 0 Å². The van der Waals surface area contributed by atoms with Gasteiger partial charge in [0, 0.05) is 22.0 Å². The molecular weight excluding hydrogens is 703 g/mol. The molecule has 270 valence electrons. The number of para-hydroxylation sites is 3. The molecule has 1 aliphatic carbocycles. The topological polar surface area (TPSA) is 16.4 Å². The highest BCUT2D eigenvalue weighted by Gasteiger charge is 2.26. The van der Waals surface area contributed by atoms with E-state index in [1.165, 1.54) is 66.1 Å². The van der Waals surface area contributed by atoms with E-state index in [1.807, 2.05) is 6.07 Å². The smallest absolute Gasteiger partial charge is 0.159 e. The monoisotopic (exact) mass is 737 g/mol. The Labute approximate surface area is 336 Å². The second-order valence-electron chi connectivity index (χ2n) is 15.1. The quantitative estimate of drug-likeness (QED) is 0.164. The van der Waals surface area contributed by atoms with Crippen molar-refractivity contribution in [3.8, 4) is 55.6 Å². The van der Waals surface area contributed by atoms with E-state index in [4.69, 9.17) is 4.42 Å². The van der Waals surface area contributed by atoms with Crippen LogP contribution in [0.5, 0.6) is 0 Å². The largest absolute Gasteiger partial charge is 0.454 e. The van der Waals surface area contributed by atoms with Gasteiger partial charge in [0.25, 0.3) is 0 Å². The molecule has 1 aliphatic rings. The molecule has 0 N–H and O–H groups in total. The van der Waals surface area contributed by atoms with Crippen LogP contribution in [0.3, 0.4) is 0 Å². The molecule has 0 unspecified atom stereocenters. The third-order valence-corrected chi connectivity index (χ3v) is 12.0. The van der Waals surface area contributed by atoms with Crippen LogP contribution in [-0.4, -0.2) is 0 Å². The van der Waals surface area contributed by atoms with Crippen molar-refractivity contribution in [2.75, 3.05) is 4.90 Å². The van der Waals surface area contributed by atoms with E-state index in [9.17, 15) is 0 Å². The normalized spacial score (nSPS) is 11.8. The molecule has 0 radical (unpaired) electrons. The minimum Gasteiger partial charge on any atom is -0.454 e. The number of furan rings is 1. The second kappa shape index (κ2) is 12.9. The lowest BCUT2D eigenvalue weighted by Gasteiger charge is -2.28. The maximum atomic E-state index is 6.70. The third kappa shape index (κ3) is 4.85. The van der Waals surface area contributed by atoms with E-state index in [0.29, 0.717) is 0 Å². The fourth-order valence-corrected chi connectivity index (χ4v) is 9.56. The molecule has 11 aromatic rings. The van der Waals surface area contributed by atoms with Crippen molar-refractivity contribution in [2.24, 2.45) is 0 Å². The predicted octanol–water partition coefficient (Wildman–Crippen LogP) is 16.0. The summed E-state index contributed by atoms with van der Waals surface area (Å²) in [7, 11) is 0. The lowest BCUT2D eigenvalue weighted by Crippen LogP contribution is -2.11. The Bertz CT molecular complexity index is 3390. The summed E-state index contributed by atoms with van der Waals surface area (Å²) < 4.78 is 6.70.